The number of hydrogen-bond acceptors (Lipinski definition) is 0. The zero-order valence-corrected chi connectivity index (χ0v) is 18.9. The van der Waals surface area contributed by atoms with Crippen molar-refractivity contribution >= 4 is 56.6 Å². The monoisotopic (exact) mass is 432 g/mol. The van der Waals surface area contributed by atoms with E-state index in [0.29, 0.717) is 0 Å². The van der Waals surface area contributed by atoms with Gasteiger partial charge in [0.2, 0.25) is 0 Å². The van der Waals surface area contributed by atoms with E-state index >= 15 is 0 Å². The predicted octanol–water partition coefficient (Wildman–Crippen LogP) is 9.49. The molecule has 0 bridgehead atoms. The molecule has 0 aliphatic rings. The Morgan fingerprint density at radius 2 is 0.853 bits per heavy atom. The van der Waals surface area contributed by atoms with E-state index in [-0.39, 0.29) is 0 Å². The average molecular weight is 433 g/mol. The first-order valence-electron chi connectivity index (χ1n) is 11.7. The fourth-order valence-electron chi connectivity index (χ4n) is 4.71. The van der Waals surface area contributed by atoms with Crippen LogP contribution in [-0.4, -0.2) is 0 Å². The molecular formula is C34H24. The Morgan fingerprint density at radius 1 is 0.353 bits per heavy atom. The van der Waals surface area contributed by atoms with Gasteiger partial charge in [-0.25, -0.2) is 0 Å². The Hall–Kier alpha value is -4.42. The largest absolute Gasteiger partial charge is 0.0616 e. The molecule has 0 radical (unpaired) electrons. The zero-order valence-electron chi connectivity index (χ0n) is 18.9. The van der Waals surface area contributed by atoms with Gasteiger partial charge in [-0.1, -0.05) is 140 Å². The van der Waals surface area contributed by atoms with Crippen molar-refractivity contribution in [3.8, 4) is 0 Å². The van der Waals surface area contributed by atoms with Gasteiger partial charge in [-0.05, 0) is 60.6 Å². The molecule has 0 unspecified atom stereocenters. The van der Waals surface area contributed by atoms with Crippen LogP contribution in [0.1, 0.15) is 22.3 Å². The number of hydrogen-bond donors (Lipinski definition) is 0. The summed E-state index contributed by atoms with van der Waals surface area (Å²) in [5.74, 6) is 0. The van der Waals surface area contributed by atoms with Crippen molar-refractivity contribution in [2.24, 2.45) is 0 Å². The summed E-state index contributed by atoms with van der Waals surface area (Å²) in [6.07, 6.45) is 8.86. The summed E-state index contributed by atoms with van der Waals surface area (Å²) < 4.78 is 0. The second-order valence-electron chi connectivity index (χ2n) is 8.63. The fraction of sp³-hybridized carbons (Fsp3) is 0. The molecule has 0 aliphatic carbocycles. The molecule has 0 atom stereocenters. The second kappa shape index (κ2) is 8.84. The van der Waals surface area contributed by atoms with Gasteiger partial charge >= 0.3 is 0 Å². The van der Waals surface area contributed by atoms with Gasteiger partial charge in [0.25, 0.3) is 0 Å². The van der Waals surface area contributed by atoms with Crippen molar-refractivity contribution in [3.63, 3.8) is 0 Å². The molecule has 0 aliphatic heterocycles. The molecule has 0 saturated heterocycles. The summed E-state index contributed by atoms with van der Waals surface area (Å²) >= 11 is 0. The van der Waals surface area contributed by atoms with Gasteiger partial charge in [0.05, 0.1) is 0 Å². The van der Waals surface area contributed by atoms with Crippen LogP contribution in [0.3, 0.4) is 0 Å². The van der Waals surface area contributed by atoms with Crippen LogP contribution in [0.2, 0.25) is 0 Å². The summed E-state index contributed by atoms with van der Waals surface area (Å²) in [5, 5.41) is 7.66. The van der Waals surface area contributed by atoms with E-state index in [1.807, 2.05) is 0 Å². The summed E-state index contributed by atoms with van der Waals surface area (Å²) in [5.41, 5.74) is 4.90. The molecule has 0 aromatic heterocycles. The standard InChI is InChI=1S/C34H24/c1-4-13-31-27(8-1)11-7-12-28(31)22-20-25-16-18-26(19-17-25)21-23-34-32-14-5-2-9-29(32)24-30-10-3-6-15-33(30)34/h1-24H/b22-20-,23-21+. The predicted molar refractivity (Wildman–Crippen MR) is 150 cm³/mol. The van der Waals surface area contributed by atoms with Crippen LogP contribution in [0.4, 0.5) is 0 Å². The van der Waals surface area contributed by atoms with Gasteiger partial charge in [-0.3, -0.25) is 0 Å². The highest BCUT2D eigenvalue weighted by Gasteiger charge is 2.04. The first kappa shape index (κ1) is 20.2. The molecule has 0 heteroatoms. The SMILES string of the molecule is C(=C/c1cccc2ccccc12)/c1ccc(/C=C/c2c3ccccc3cc3ccccc23)cc1. The Labute approximate surface area is 200 Å². The maximum Gasteiger partial charge on any atom is -0.00992 e. The summed E-state index contributed by atoms with van der Waals surface area (Å²) in [6, 6.07) is 43.2. The van der Waals surface area contributed by atoms with Crippen LogP contribution in [0.15, 0.2) is 121 Å². The molecule has 6 aromatic carbocycles. The lowest BCUT2D eigenvalue weighted by molar-refractivity contribution is 1.62. The molecular weight excluding hydrogens is 408 g/mol. The van der Waals surface area contributed by atoms with Crippen molar-refractivity contribution in [1.29, 1.82) is 0 Å². The van der Waals surface area contributed by atoms with E-state index in [1.54, 1.807) is 0 Å². The van der Waals surface area contributed by atoms with Crippen LogP contribution in [0.25, 0.3) is 56.6 Å². The number of fused-ring (bicyclic) bond motifs is 3. The summed E-state index contributed by atoms with van der Waals surface area (Å²) in [7, 11) is 0. The van der Waals surface area contributed by atoms with E-state index in [0.717, 1.165) is 0 Å². The molecule has 6 rings (SSSR count). The number of rotatable bonds is 4. The quantitative estimate of drug-likeness (QED) is 0.192. The van der Waals surface area contributed by atoms with Crippen molar-refractivity contribution < 1.29 is 0 Å². The highest BCUT2D eigenvalue weighted by Crippen LogP contribution is 2.30. The van der Waals surface area contributed by atoms with E-state index in [4.69, 9.17) is 0 Å². The van der Waals surface area contributed by atoms with E-state index in [9.17, 15) is 0 Å². The minimum absolute atomic E-state index is 1.19. The normalized spacial score (nSPS) is 11.9. The van der Waals surface area contributed by atoms with Gasteiger partial charge in [0.15, 0.2) is 0 Å². The van der Waals surface area contributed by atoms with Gasteiger partial charge in [0.1, 0.15) is 0 Å². The second-order valence-corrected chi connectivity index (χ2v) is 8.63. The fourth-order valence-corrected chi connectivity index (χ4v) is 4.71. The number of benzene rings is 6. The third-order valence-electron chi connectivity index (χ3n) is 6.47. The topological polar surface area (TPSA) is 0 Å². The van der Waals surface area contributed by atoms with Crippen LogP contribution in [-0.2, 0) is 0 Å². The zero-order chi connectivity index (χ0) is 22.7. The third kappa shape index (κ3) is 3.91. The Kier molecular flexibility index (Phi) is 5.26. The lowest BCUT2D eigenvalue weighted by Crippen LogP contribution is -1.83. The lowest BCUT2D eigenvalue weighted by atomic mass is 9.96. The summed E-state index contributed by atoms with van der Waals surface area (Å²) in [4.78, 5) is 0. The molecule has 0 N–H and O–H groups in total. The van der Waals surface area contributed by atoms with Crippen molar-refractivity contribution in [2.45, 2.75) is 0 Å². The average Bonchev–Trinajstić information content (AvgIpc) is 2.90. The molecule has 0 spiro atoms. The molecule has 160 valence electrons. The first-order chi connectivity index (χ1) is 16.8. The molecule has 6 aromatic rings. The van der Waals surface area contributed by atoms with E-state index < -0.39 is 0 Å². The summed E-state index contributed by atoms with van der Waals surface area (Å²) in [6.45, 7) is 0. The smallest absolute Gasteiger partial charge is 0.00992 e. The molecule has 34 heavy (non-hydrogen) atoms. The van der Waals surface area contributed by atoms with Gasteiger partial charge < -0.3 is 0 Å². The maximum atomic E-state index is 2.28. The van der Waals surface area contributed by atoms with Crippen LogP contribution in [0, 0.1) is 0 Å². The van der Waals surface area contributed by atoms with Crippen LogP contribution >= 0.6 is 0 Å². The van der Waals surface area contributed by atoms with Gasteiger partial charge in [-0.2, -0.15) is 0 Å². The molecule has 0 amide bonds. The highest BCUT2D eigenvalue weighted by atomic mass is 14.1. The Morgan fingerprint density at radius 3 is 1.50 bits per heavy atom. The molecule has 0 fully saturated rings. The van der Waals surface area contributed by atoms with E-state index in [1.165, 1.54) is 54.6 Å². The van der Waals surface area contributed by atoms with Crippen molar-refractivity contribution in [3.05, 3.63) is 144 Å². The molecule has 0 saturated carbocycles. The molecule has 0 nitrogen and oxygen atoms in total. The van der Waals surface area contributed by atoms with Crippen molar-refractivity contribution in [2.75, 3.05) is 0 Å². The van der Waals surface area contributed by atoms with Crippen LogP contribution < -0.4 is 0 Å². The minimum Gasteiger partial charge on any atom is -0.0616 e. The van der Waals surface area contributed by atoms with E-state index in [2.05, 4.69) is 146 Å². The Balaban J connectivity index is 1.30. The molecule has 0 heterocycles. The highest BCUT2D eigenvalue weighted by molar-refractivity contribution is 6.08. The van der Waals surface area contributed by atoms with Gasteiger partial charge in [0, 0.05) is 0 Å². The Bertz CT molecular complexity index is 1620. The minimum atomic E-state index is 1.19. The lowest BCUT2D eigenvalue weighted by Gasteiger charge is -2.08. The maximum absolute atomic E-state index is 2.28. The van der Waals surface area contributed by atoms with Crippen molar-refractivity contribution in [1.82, 2.24) is 0 Å². The first-order valence-corrected chi connectivity index (χ1v) is 11.7. The third-order valence-corrected chi connectivity index (χ3v) is 6.47. The van der Waals surface area contributed by atoms with Gasteiger partial charge in [-0.15, -0.1) is 0 Å². The van der Waals surface area contributed by atoms with Crippen LogP contribution in [0.5, 0.6) is 0 Å².